The van der Waals surface area contributed by atoms with Crippen molar-refractivity contribution >= 4 is 12.4 Å². The van der Waals surface area contributed by atoms with Crippen LogP contribution in [0.2, 0.25) is 0 Å². The first-order chi connectivity index (χ1) is 6.77. The second-order valence-electron chi connectivity index (χ2n) is 4.06. The molecule has 1 atom stereocenters. The highest BCUT2D eigenvalue weighted by Crippen LogP contribution is 2.30. The van der Waals surface area contributed by atoms with Crippen molar-refractivity contribution in [2.45, 2.75) is 32.2 Å². The van der Waals surface area contributed by atoms with E-state index in [2.05, 4.69) is 11.4 Å². The van der Waals surface area contributed by atoms with Crippen LogP contribution in [-0.4, -0.2) is 11.7 Å². The minimum absolute atomic E-state index is 0. The van der Waals surface area contributed by atoms with Crippen molar-refractivity contribution in [3.05, 3.63) is 29.3 Å². The van der Waals surface area contributed by atoms with Gasteiger partial charge in [-0.15, -0.1) is 12.4 Å². The summed E-state index contributed by atoms with van der Waals surface area (Å²) in [6, 6.07) is 6.29. The molecule has 0 aliphatic carbocycles. The lowest BCUT2D eigenvalue weighted by Gasteiger charge is -2.24. The quantitative estimate of drug-likeness (QED) is 0.773. The lowest BCUT2D eigenvalue weighted by Crippen LogP contribution is -2.26. The van der Waals surface area contributed by atoms with E-state index in [9.17, 15) is 5.11 Å². The minimum atomic E-state index is 0. The SMILES string of the molecule is Cc1ccc([C@@H]2CCCCN2)c(O)c1.Cl. The zero-order chi connectivity index (χ0) is 9.97. The van der Waals surface area contributed by atoms with Gasteiger partial charge < -0.3 is 10.4 Å². The van der Waals surface area contributed by atoms with Gasteiger partial charge >= 0.3 is 0 Å². The molecule has 1 saturated heterocycles. The lowest BCUT2D eigenvalue weighted by molar-refractivity contribution is 0.391. The summed E-state index contributed by atoms with van der Waals surface area (Å²) in [5.41, 5.74) is 2.16. The van der Waals surface area contributed by atoms with Crippen molar-refractivity contribution < 1.29 is 5.11 Å². The molecule has 0 saturated carbocycles. The molecule has 3 heteroatoms. The summed E-state index contributed by atoms with van der Waals surface area (Å²) in [6.45, 7) is 3.07. The van der Waals surface area contributed by atoms with E-state index in [-0.39, 0.29) is 12.4 Å². The summed E-state index contributed by atoms with van der Waals surface area (Å²) in [7, 11) is 0. The number of benzene rings is 1. The first kappa shape index (κ1) is 12.3. The first-order valence-electron chi connectivity index (χ1n) is 5.30. The maximum Gasteiger partial charge on any atom is 0.120 e. The molecule has 1 aliphatic heterocycles. The lowest BCUT2D eigenvalue weighted by atomic mass is 9.96. The van der Waals surface area contributed by atoms with E-state index in [1.807, 2.05) is 19.1 Å². The van der Waals surface area contributed by atoms with Crippen LogP contribution in [0.25, 0.3) is 0 Å². The molecule has 0 aromatic heterocycles. The van der Waals surface area contributed by atoms with Gasteiger partial charge in [0, 0.05) is 11.6 Å². The van der Waals surface area contributed by atoms with E-state index >= 15 is 0 Å². The Morgan fingerprint density at radius 2 is 2.13 bits per heavy atom. The number of aryl methyl sites for hydroxylation is 1. The molecule has 0 radical (unpaired) electrons. The predicted molar refractivity (Wildman–Crippen MR) is 64.7 cm³/mol. The van der Waals surface area contributed by atoms with Gasteiger partial charge in [0.05, 0.1) is 0 Å². The smallest absolute Gasteiger partial charge is 0.120 e. The molecule has 2 N–H and O–H groups in total. The van der Waals surface area contributed by atoms with Crippen molar-refractivity contribution in [2.75, 3.05) is 6.54 Å². The zero-order valence-corrected chi connectivity index (χ0v) is 9.81. The fourth-order valence-corrected chi connectivity index (χ4v) is 2.07. The third kappa shape index (κ3) is 2.86. The molecule has 2 rings (SSSR count). The van der Waals surface area contributed by atoms with E-state index in [0.717, 1.165) is 24.1 Å². The Hall–Kier alpha value is -0.730. The van der Waals surface area contributed by atoms with Crippen LogP contribution in [-0.2, 0) is 0 Å². The number of phenolic OH excluding ortho intramolecular Hbond substituents is 1. The van der Waals surface area contributed by atoms with E-state index < -0.39 is 0 Å². The van der Waals surface area contributed by atoms with Crippen LogP contribution < -0.4 is 5.32 Å². The number of piperidine rings is 1. The molecule has 0 unspecified atom stereocenters. The Morgan fingerprint density at radius 3 is 2.73 bits per heavy atom. The number of nitrogens with one attached hydrogen (secondary N) is 1. The van der Waals surface area contributed by atoms with Crippen LogP contribution >= 0.6 is 12.4 Å². The number of rotatable bonds is 1. The van der Waals surface area contributed by atoms with Crippen LogP contribution in [0.5, 0.6) is 5.75 Å². The second-order valence-corrected chi connectivity index (χ2v) is 4.06. The number of hydrogen-bond acceptors (Lipinski definition) is 2. The minimum Gasteiger partial charge on any atom is -0.508 e. The highest BCUT2D eigenvalue weighted by atomic mass is 35.5. The van der Waals surface area contributed by atoms with Crippen molar-refractivity contribution in [3.63, 3.8) is 0 Å². The maximum atomic E-state index is 9.80. The molecule has 0 bridgehead atoms. The third-order valence-electron chi connectivity index (χ3n) is 2.87. The van der Waals surface area contributed by atoms with Gasteiger partial charge in [-0.3, -0.25) is 0 Å². The molecule has 1 aromatic carbocycles. The van der Waals surface area contributed by atoms with Crippen molar-refractivity contribution in [2.24, 2.45) is 0 Å². The molecule has 1 fully saturated rings. The fourth-order valence-electron chi connectivity index (χ4n) is 2.07. The number of phenols is 1. The van der Waals surface area contributed by atoms with Crippen molar-refractivity contribution in [3.8, 4) is 5.75 Å². The van der Waals surface area contributed by atoms with E-state index in [0.29, 0.717) is 11.8 Å². The zero-order valence-electron chi connectivity index (χ0n) is 8.99. The average Bonchev–Trinajstić information content (AvgIpc) is 2.19. The molecule has 1 aromatic rings. The van der Waals surface area contributed by atoms with E-state index in [4.69, 9.17) is 0 Å². The molecule has 15 heavy (non-hydrogen) atoms. The van der Waals surface area contributed by atoms with Crippen molar-refractivity contribution in [1.29, 1.82) is 0 Å². The molecular formula is C12H18ClNO. The van der Waals surface area contributed by atoms with Crippen LogP contribution in [0.4, 0.5) is 0 Å². The van der Waals surface area contributed by atoms with Crippen molar-refractivity contribution in [1.82, 2.24) is 5.32 Å². The number of halogens is 1. The van der Waals surface area contributed by atoms with Gasteiger partial charge in [0.1, 0.15) is 5.75 Å². The standard InChI is InChI=1S/C12H17NO.ClH/c1-9-5-6-10(12(14)8-9)11-4-2-3-7-13-11;/h5-6,8,11,13-14H,2-4,7H2,1H3;1H/t11-;/m0./s1. The molecule has 2 nitrogen and oxygen atoms in total. The number of hydrogen-bond donors (Lipinski definition) is 2. The fraction of sp³-hybridized carbons (Fsp3) is 0.500. The number of aromatic hydroxyl groups is 1. The average molecular weight is 228 g/mol. The van der Waals surface area contributed by atoms with Gasteiger partial charge in [0.15, 0.2) is 0 Å². The molecule has 84 valence electrons. The summed E-state index contributed by atoms with van der Waals surface area (Å²) in [5, 5.41) is 13.2. The summed E-state index contributed by atoms with van der Waals surface area (Å²) >= 11 is 0. The largest absolute Gasteiger partial charge is 0.508 e. The third-order valence-corrected chi connectivity index (χ3v) is 2.87. The topological polar surface area (TPSA) is 32.3 Å². The first-order valence-corrected chi connectivity index (χ1v) is 5.30. The Morgan fingerprint density at radius 1 is 1.33 bits per heavy atom. The Balaban J connectivity index is 0.00000112. The Kier molecular flexibility index (Phi) is 4.43. The normalized spacial score (nSPS) is 20.7. The summed E-state index contributed by atoms with van der Waals surface area (Å²) in [5.74, 6) is 0.435. The Bertz CT molecular complexity index is 321. The van der Waals surface area contributed by atoms with Gasteiger partial charge in [-0.05, 0) is 37.9 Å². The molecule has 0 amide bonds. The van der Waals surface area contributed by atoms with Gasteiger partial charge in [-0.1, -0.05) is 18.6 Å². The monoisotopic (exact) mass is 227 g/mol. The van der Waals surface area contributed by atoms with E-state index in [1.54, 1.807) is 0 Å². The van der Waals surface area contributed by atoms with Gasteiger partial charge in [-0.2, -0.15) is 0 Å². The van der Waals surface area contributed by atoms with Gasteiger partial charge in [0.2, 0.25) is 0 Å². The summed E-state index contributed by atoms with van der Waals surface area (Å²) in [6.07, 6.45) is 3.64. The Labute approximate surface area is 97.1 Å². The molecule has 0 spiro atoms. The van der Waals surface area contributed by atoms with Crippen LogP contribution in [0.15, 0.2) is 18.2 Å². The van der Waals surface area contributed by atoms with Crippen LogP contribution in [0.3, 0.4) is 0 Å². The summed E-state index contributed by atoms with van der Waals surface area (Å²) < 4.78 is 0. The second kappa shape index (κ2) is 5.38. The van der Waals surface area contributed by atoms with Gasteiger partial charge in [0.25, 0.3) is 0 Å². The van der Waals surface area contributed by atoms with E-state index in [1.165, 1.54) is 12.8 Å². The molecule has 1 heterocycles. The molecule has 1 aliphatic rings. The summed E-state index contributed by atoms with van der Waals surface area (Å²) in [4.78, 5) is 0. The predicted octanol–water partition coefficient (Wildman–Crippen LogP) is 2.94. The van der Waals surface area contributed by atoms with Gasteiger partial charge in [-0.25, -0.2) is 0 Å². The van der Waals surface area contributed by atoms with Crippen LogP contribution in [0, 0.1) is 6.92 Å². The van der Waals surface area contributed by atoms with Crippen LogP contribution in [0.1, 0.15) is 36.4 Å². The maximum absolute atomic E-state index is 9.80. The highest BCUT2D eigenvalue weighted by molar-refractivity contribution is 5.85. The highest BCUT2D eigenvalue weighted by Gasteiger charge is 2.17. The molecular weight excluding hydrogens is 210 g/mol.